The fourth-order valence-corrected chi connectivity index (χ4v) is 4.53. The average Bonchev–Trinajstić information content (AvgIpc) is 2.98. The van der Waals surface area contributed by atoms with E-state index in [9.17, 15) is 13.2 Å². The maximum Gasteiger partial charge on any atom is 0.265 e. The number of pyridine rings is 1. The third-order valence-corrected chi connectivity index (χ3v) is 5.98. The van der Waals surface area contributed by atoms with Gasteiger partial charge >= 0.3 is 0 Å². The van der Waals surface area contributed by atoms with Crippen LogP contribution in [-0.4, -0.2) is 29.1 Å². The van der Waals surface area contributed by atoms with Gasteiger partial charge in [-0.3, -0.25) is 14.2 Å². The van der Waals surface area contributed by atoms with Crippen molar-refractivity contribution in [2.24, 2.45) is 5.73 Å². The molecule has 0 saturated heterocycles. The molecule has 0 aliphatic rings. The third kappa shape index (κ3) is 4.43. The van der Waals surface area contributed by atoms with Gasteiger partial charge in [-0.15, -0.1) is 0 Å². The lowest BCUT2D eigenvalue weighted by Crippen LogP contribution is -2.15. The molecule has 0 saturated carbocycles. The molecule has 0 radical (unpaired) electrons. The predicted molar refractivity (Wildman–Crippen MR) is 112 cm³/mol. The zero-order chi connectivity index (χ0) is 22.1. The molecule has 0 aliphatic carbocycles. The molecule has 158 valence electrons. The molecule has 30 heavy (non-hydrogen) atoms. The summed E-state index contributed by atoms with van der Waals surface area (Å²) >= 11 is 0. The minimum Gasteiger partial charge on any atom is -0.439 e. The fraction of sp³-hybridized carbons (Fsp3) is 0.250. The number of nitrogens with zero attached hydrogens (tertiary/aromatic N) is 3. The van der Waals surface area contributed by atoms with Gasteiger partial charge in [0.1, 0.15) is 10.6 Å². The van der Waals surface area contributed by atoms with E-state index < -0.39 is 15.9 Å². The average molecular weight is 430 g/mol. The van der Waals surface area contributed by atoms with Crippen LogP contribution >= 0.6 is 0 Å². The molecule has 3 N–H and O–H groups in total. The SMILES string of the molecule is Cc1nn(C(C)C)c(C)c1S(=O)(=O)Nc1ccc(Oc2cccc(C(N)=O)c2)nc1. The van der Waals surface area contributed by atoms with Gasteiger partial charge in [0.05, 0.1) is 23.3 Å². The zero-order valence-electron chi connectivity index (χ0n) is 17.1. The minimum atomic E-state index is -3.84. The molecule has 2 heterocycles. The number of ether oxygens (including phenoxy) is 1. The smallest absolute Gasteiger partial charge is 0.265 e. The number of sulfonamides is 1. The summed E-state index contributed by atoms with van der Waals surface area (Å²) in [7, 11) is -3.84. The van der Waals surface area contributed by atoms with Crippen LogP contribution in [0.2, 0.25) is 0 Å². The molecule has 1 amide bonds. The Hall–Kier alpha value is -3.40. The molecule has 0 unspecified atom stereocenters. The van der Waals surface area contributed by atoms with Crippen molar-refractivity contribution in [2.45, 2.75) is 38.6 Å². The molecule has 0 bridgehead atoms. The molecule has 0 spiro atoms. The number of aryl methyl sites for hydroxylation is 1. The number of carbonyl (C=O) groups excluding carboxylic acids is 1. The Balaban J connectivity index is 1.79. The van der Waals surface area contributed by atoms with E-state index in [4.69, 9.17) is 10.5 Å². The second-order valence-electron chi connectivity index (χ2n) is 7.02. The molecule has 3 rings (SSSR count). The normalized spacial score (nSPS) is 11.5. The Labute approximate surface area is 174 Å². The van der Waals surface area contributed by atoms with Crippen LogP contribution in [0.15, 0.2) is 47.5 Å². The second-order valence-corrected chi connectivity index (χ2v) is 8.64. The van der Waals surface area contributed by atoms with Crippen LogP contribution < -0.4 is 15.2 Å². The lowest BCUT2D eigenvalue weighted by Gasteiger charge is -2.11. The van der Waals surface area contributed by atoms with E-state index in [-0.39, 0.29) is 22.5 Å². The van der Waals surface area contributed by atoms with Crippen LogP contribution in [0, 0.1) is 13.8 Å². The monoisotopic (exact) mass is 429 g/mol. The first kappa shape index (κ1) is 21.3. The van der Waals surface area contributed by atoms with E-state index in [2.05, 4.69) is 14.8 Å². The van der Waals surface area contributed by atoms with Crippen molar-refractivity contribution in [3.8, 4) is 11.6 Å². The van der Waals surface area contributed by atoms with Crippen molar-refractivity contribution >= 4 is 21.6 Å². The Kier molecular flexibility index (Phi) is 5.79. The number of rotatable bonds is 7. The molecule has 2 aromatic heterocycles. The molecule has 0 fully saturated rings. The molecular formula is C20H23N5O4S. The summed E-state index contributed by atoms with van der Waals surface area (Å²) in [5.74, 6) is 0.0589. The topological polar surface area (TPSA) is 129 Å². The summed E-state index contributed by atoms with van der Waals surface area (Å²) < 4.78 is 35.6. The minimum absolute atomic E-state index is 0.0406. The lowest BCUT2D eigenvalue weighted by molar-refractivity contribution is 0.1000. The Morgan fingerprint density at radius 1 is 1.20 bits per heavy atom. The number of benzene rings is 1. The van der Waals surface area contributed by atoms with Crippen molar-refractivity contribution in [3.63, 3.8) is 0 Å². The summed E-state index contributed by atoms with van der Waals surface area (Å²) in [6.45, 7) is 7.26. The number of hydrogen-bond donors (Lipinski definition) is 2. The van der Waals surface area contributed by atoms with Gasteiger partial charge in [0, 0.05) is 17.7 Å². The van der Waals surface area contributed by atoms with Crippen LogP contribution in [0.1, 0.15) is 41.6 Å². The molecule has 10 heteroatoms. The number of anilines is 1. The Morgan fingerprint density at radius 3 is 2.50 bits per heavy atom. The van der Waals surface area contributed by atoms with Gasteiger partial charge in [-0.25, -0.2) is 13.4 Å². The molecule has 0 atom stereocenters. The zero-order valence-corrected chi connectivity index (χ0v) is 17.9. The highest BCUT2D eigenvalue weighted by Gasteiger charge is 2.25. The summed E-state index contributed by atoms with van der Waals surface area (Å²) in [4.78, 5) is 15.5. The van der Waals surface area contributed by atoms with E-state index in [0.29, 0.717) is 22.7 Å². The van der Waals surface area contributed by atoms with Crippen LogP contribution in [-0.2, 0) is 10.0 Å². The van der Waals surface area contributed by atoms with Crippen molar-refractivity contribution in [1.82, 2.24) is 14.8 Å². The molecule has 0 aliphatic heterocycles. The molecule has 9 nitrogen and oxygen atoms in total. The summed E-state index contributed by atoms with van der Waals surface area (Å²) in [5.41, 5.74) is 6.85. The lowest BCUT2D eigenvalue weighted by atomic mass is 10.2. The van der Waals surface area contributed by atoms with Crippen LogP contribution in [0.25, 0.3) is 0 Å². The first-order valence-electron chi connectivity index (χ1n) is 9.21. The van der Waals surface area contributed by atoms with Gasteiger partial charge in [-0.05, 0) is 52.0 Å². The number of nitrogens with two attached hydrogens (primary N) is 1. The summed E-state index contributed by atoms with van der Waals surface area (Å²) in [6.07, 6.45) is 1.35. The predicted octanol–water partition coefficient (Wildman–Crippen LogP) is 3.17. The summed E-state index contributed by atoms with van der Waals surface area (Å²) in [6, 6.07) is 9.47. The molecular weight excluding hydrogens is 406 g/mol. The van der Waals surface area contributed by atoms with Gasteiger partial charge in [0.25, 0.3) is 10.0 Å². The standard InChI is InChI=1S/C20H23N5O4S/c1-12(2)25-14(4)19(13(3)23-25)30(27,28)24-16-8-9-18(22-11-16)29-17-7-5-6-15(10-17)20(21)26/h5-12,24H,1-4H3,(H2,21,26). The maximum atomic E-state index is 12.9. The summed E-state index contributed by atoms with van der Waals surface area (Å²) in [5, 5.41) is 4.33. The van der Waals surface area contributed by atoms with Crippen LogP contribution in [0.5, 0.6) is 11.6 Å². The Morgan fingerprint density at radius 2 is 1.93 bits per heavy atom. The van der Waals surface area contributed by atoms with Gasteiger partial charge < -0.3 is 10.5 Å². The first-order valence-corrected chi connectivity index (χ1v) is 10.7. The maximum absolute atomic E-state index is 12.9. The second kappa shape index (κ2) is 8.15. The highest BCUT2D eigenvalue weighted by Crippen LogP contribution is 2.26. The molecule has 1 aromatic carbocycles. The van der Waals surface area contributed by atoms with E-state index >= 15 is 0 Å². The van der Waals surface area contributed by atoms with E-state index in [1.807, 2.05) is 13.8 Å². The first-order chi connectivity index (χ1) is 14.1. The van der Waals surface area contributed by atoms with E-state index in [1.54, 1.807) is 36.7 Å². The van der Waals surface area contributed by atoms with Crippen molar-refractivity contribution in [2.75, 3.05) is 4.72 Å². The van der Waals surface area contributed by atoms with Crippen molar-refractivity contribution in [1.29, 1.82) is 0 Å². The van der Waals surface area contributed by atoms with Crippen LogP contribution in [0.4, 0.5) is 5.69 Å². The van der Waals surface area contributed by atoms with E-state index in [0.717, 1.165) is 0 Å². The van der Waals surface area contributed by atoms with E-state index in [1.165, 1.54) is 24.4 Å². The largest absolute Gasteiger partial charge is 0.439 e. The van der Waals surface area contributed by atoms with Crippen LogP contribution in [0.3, 0.4) is 0 Å². The third-order valence-electron chi connectivity index (χ3n) is 4.35. The van der Waals surface area contributed by atoms with Crippen molar-refractivity contribution < 1.29 is 17.9 Å². The number of primary amides is 1. The molecule has 3 aromatic rings. The Bertz CT molecular complexity index is 1180. The highest BCUT2D eigenvalue weighted by atomic mass is 32.2. The number of carbonyl (C=O) groups is 1. The quantitative estimate of drug-likeness (QED) is 0.593. The van der Waals surface area contributed by atoms with Gasteiger partial charge in [-0.2, -0.15) is 5.10 Å². The van der Waals surface area contributed by atoms with Crippen molar-refractivity contribution in [3.05, 3.63) is 59.5 Å². The number of amides is 1. The number of nitrogens with one attached hydrogen (secondary N) is 1. The fourth-order valence-electron chi connectivity index (χ4n) is 3.08. The van der Waals surface area contributed by atoms with Gasteiger partial charge in [-0.1, -0.05) is 6.07 Å². The van der Waals surface area contributed by atoms with Gasteiger partial charge in [0.15, 0.2) is 0 Å². The highest BCUT2D eigenvalue weighted by molar-refractivity contribution is 7.92. The number of hydrogen-bond acceptors (Lipinski definition) is 6. The number of aromatic nitrogens is 3. The van der Waals surface area contributed by atoms with Gasteiger partial charge in [0.2, 0.25) is 11.8 Å².